The van der Waals surface area contributed by atoms with E-state index in [2.05, 4.69) is 16.0 Å². The molecule has 2 fully saturated rings. The molecule has 1 unspecified atom stereocenters. The molecule has 1 aromatic carbocycles. The molecule has 0 saturated carbocycles. The third-order valence-electron chi connectivity index (χ3n) is 4.74. The molecule has 0 aliphatic carbocycles. The predicted octanol–water partition coefficient (Wildman–Crippen LogP) is 1.07. The molecule has 1 spiro atoms. The molecular formula is C17H20F3N3O3. The lowest BCUT2D eigenvalue weighted by Gasteiger charge is -2.29. The highest BCUT2D eigenvalue weighted by Crippen LogP contribution is 2.31. The number of halogens is 3. The van der Waals surface area contributed by atoms with Crippen molar-refractivity contribution in [1.29, 1.82) is 0 Å². The Bertz CT molecular complexity index is 682. The minimum atomic E-state index is -4.53. The van der Waals surface area contributed by atoms with Gasteiger partial charge in [-0.1, -0.05) is 6.07 Å². The fourth-order valence-electron chi connectivity index (χ4n) is 3.40. The van der Waals surface area contributed by atoms with Crippen LogP contribution in [0.4, 0.5) is 13.2 Å². The average Bonchev–Trinajstić information content (AvgIpc) is 3.23. The van der Waals surface area contributed by atoms with Crippen molar-refractivity contribution < 1.29 is 27.5 Å². The van der Waals surface area contributed by atoms with Gasteiger partial charge in [0.25, 0.3) is 5.91 Å². The number of nitrogens with one attached hydrogen (secondary N) is 3. The SMILES string of the molecule is O=C(CNC(=O)c1cccc(C(F)(F)F)c1)N[C@H]1CNCC12CCCO2. The van der Waals surface area contributed by atoms with Gasteiger partial charge in [0.1, 0.15) is 5.60 Å². The van der Waals surface area contributed by atoms with E-state index in [0.717, 1.165) is 31.0 Å². The van der Waals surface area contributed by atoms with Crippen molar-refractivity contribution >= 4 is 11.8 Å². The number of ether oxygens (including phenoxy) is 1. The monoisotopic (exact) mass is 371 g/mol. The van der Waals surface area contributed by atoms with Crippen molar-refractivity contribution in [1.82, 2.24) is 16.0 Å². The molecule has 2 amide bonds. The fraction of sp³-hybridized carbons (Fsp3) is 0.529. The number of benzene rings is 1. The van der Waals surface area contributed by atoms with Crippen LogP contribution >= 0.6 is 0 Å². The minimum absolute atomic E-state index is 0.147. The Morgan fingerprint density at radius 3 is 2.85 bits per heavy atom. The molecule has 2 aliphatic rings. The van der Waals surface area contributed by atoms with E-state index in [1.807, 2.05) is 0 Å². The molecule has 2 aliphatic heterocycles. The van der Waals surface area contributed by atoms with E-state index in [1.165, 1.54) is 6.07 Å². The number of carbonyl (C=O) groups excluding carboxylic acids is 2. The summed E-state index contributed by atoms with van der Waals surface area (Å²) in [7, 11) is 0. The number of rotatable bonds is 4. The topological polar surface area (TPSA) is 79.5 Å². The summed E-state index contributed by atoms with van der Waals surface area (Å²) in [6, 6.07) is 3.88. The highest BCUT2D eigenvalue weighted by molar-refractivity contribution is 5.96. The molecule has 9 heteroatoms. The first-order valence-corrected chi connectivity index (χ1v) is 8.40. The van der Waals surface area contributed by atoms with Crippen molar-refractivity contribution in [2.24, 2.45) is 0 Å². The standard InChI is InChI=1S/C17H20F3N3O3/c18-17(19,20)12-4-1-3-11(7-12)15(25)22-9-14(24)23-13-8-21-10-16(13)5-2-6-26-16/h1,3-4,7,13,21H,2,5-6,8-10H2,(H,22,25)(H,23,24)/t13-,16?/m0/s1. The van der Waals surface area contributed by atoms with Crippen LogP contribution in [0.15, 0.2) is 24.3 Å². The molecule has 26 heavy (non-hydrogen) atoms. The second-order valence-electron chi connectivity index (χ2n) is 6.53. The third-order valence-corrected chi connectivity index (χ3v) is 4.74. The van der Waals surface area contributed by atoms with E-state index in [0.29, 0.717) is 19.7 Å². The van der Waals surface area contributed by atoms with Crippen LogP contribution in [0.1, 0.15) is 28.8 Å². The lowest BCUT2D eigenvalue weighted by Crippen LogP contribution is -2.53. The van der Waals surface area contributed by atoms with E-state index in [9.17, 15) is 22.8 Å². The number of amides is 2. The van der Waals surface area contributed by atoms with Crippen LogP contribution in [0.5, 0.6) is 0 Å². The Labute approximate surface area is 148 Å². The molecule has 0 aromatic heterocycles. The molecular weight excluding hydrogens is 351 g/mol. The molecule has 6 nitrogen and oxygen atoms in total. The second kappa shape index (κ2) is 7.24. The zero-order valence-corrected chi connectivity index (χ0v) is 14.0. The average molecular weight is 371 g/mol. The van der Waals surface area contributed by atoms with Crippen LogP contribution < -0.4 is 16.0 Å². The Balaban J connectivity index is 1.54. The van der Waals surface area contributed by atoms with Crippen LogP contribution in [0.2, 0.25) is 0 Å². The highest BCUT2D eigenvalue weighted by atomic mass is 19.4. The van der Waals surface area contributed by atoms with Gasteiger partial charge >= 0.3 is 6.18 Å². The van der Waals surface area contributed by atoms with E-state index in [-0.39, 0.29) is 18.2 Å². The third kappa shape index (κ3) is 3.99. The summed E-state index contributed by atoms with van der Waals surface area (Å²) >= 11 is 0. The van der Waals surface area contributed by atoms with Gasteiger partial charge in [0.2, 0.25) is 5.91 Å². The van der Waals surface area contributed by atoms with Crippen LogP contribution in [-0.4, -0.2) is 49.7 Å². The Kier molecular flexibility index (Phi) is 5.19. The lowest BCUT2D eigenvalue weighted by atomic mass is 9.94. The Morgan fingerprint density at radius 2 is 2.15 bits per heavy atom. The predicted molar refractivity (Wildman–Crippen MR) is 86.5 cm³/mol. The van der Waals surface area contributed by atoms with Crippen molar-refractivity contribution in [3.63, 3.8) is 0 Å². The van der Waals surface area contributed by atoms with Gasteiger partial charge in [-0.05, 0) is 31.0 Å². The lowest BCUT2D eigenvalue weighted by molar-refractivity contribution is -0.137. The van der Waals surface area contributed by atoms with Gasteiger partial charge in [0.05, 0.1) is 18.2 Å². The molecule has 0 bridgehead atoms. The van der Waals surface area contributed by atoms with E-state index < -0.39 is 29.2 Å². The molecule has 3 rings (SSSR count). The van der Waals surface area contributed by atoms with Gasteiger partial charge in [-0.15, -0.1) is 0 Å². The summed E-state index contributed by atoms with van der Waals surface area (Å²) in [5, 5.41) is 8.37. The highest BCUT2D eigenvalue weighted by Gasteiger charge is 2.46. The summed E-state index contributed by atoms with van der Waals surface area (Å²) in [6.07, 6.45) is -2.75. The summed E-state index contributed by atoms with van der Waals surface area (Å²) in [4.78, 5) is 24.1. The molecule has 1 aromatic rings. The second-order valence-corrected chi connectivity index (χ2v) is 6.53. The van der Waals surface area contributed by atoms with Gasteiger partial charge in [-0.3, -0.25) is 9.59 Å². The number of hydrogen-bond acceptors (Lipinski definition) is 4. The first-order chi connectivity index (χ1) is 12.3. The quantitative estimate of drug-likeness (QED) is 0.740. The van der Waals surface area contributed by atoms with Crippen LogP contribution in [0.25, 0.3) is 0 Å². The van der Waals surface area contributed by atoms with Crippen molar-refractivity contribution in [3.8, 4) is 0 Å². The fourth-order valence-corrected chi connectivity index (χ4v) is 3.40. The maximum absolute atomic E-state index is 12.7. The van der Waals surface area contributed by atoms with Gasteiger partial charge in [0, 0.05) is 25.3 Å². The summed E-state index contributed by atoms with van der Waals surface area (Å²) < 4.78 is 43.9. The van der Waals surface area contributed by atoms with Gasteiger partial charge in [0.15, 0.2) is 0 Å². The summed E-state index contributed by atoms with van der Waals surface area (Å²) in [6.45, 7) is 1.57. The summed E-state index contributed by atoms with van der Waals surface area (Å²) in [5.74, 6) is -1.14. The first-order valence-electron chi connectivity index (χ1n) is 8.40. The largest absolute Gasteiger partial charge is 0.416 e. The van der Waals surface area contributed by atoms with Crippen molar-refractivity contribution in [3.05, 3.63) is 35.4 Å². The zero-order chi connectivity index (χ0) is 18.8. The smallest absolute Gasteiger partial charge is 0.371 e. The van der Waals surface area contributed by atoms with Crippen LogP contribution in [-0.2, 0) is 15.7 Å². The molecule has 142 valence electrons. The van der Waals surface area contributed by atoms with Crippen molar-refractivity contribution in [2.45, 2.75) is 30.7 Å². The van der Waals surface area contributed by atoms with Crippen LogP contribution in [0.3, 0.4) is 0 Å². The number of hydrogen-bond donors (Lipinski definition) is 3. The van der Waals surface area contributed by atoms with E-state index in [4.69, 9.17) is 4.74 Å². The molecule has 2 heterocycles. The maximum atomic E-state index is 12.7. The molecule has 2 atom stereocenters. The molecule has 2 saturated heterocycles. The zero-order valence-electron chi connectivity index (χ0n) is 14.0. The summed E-state index contributed by atoms with van der Waals surface area (Å²) in [5.41, 5.74) is -1.46. The van der Waals surface area contributed by atoms with Gasteiger partial charge in [-0.25, -0.2) is 0 Å². The van der Waals surface area contributed by atoms with E-state index in [1.54, 1.807) is 0 Å². The molecule has 0 radical (unpaired) electrons. The Morgan fingerprint density at radius 1 is 1.35 bits per heavy atom. The first kappa shape index (κ1) is 18.7. The molecule has 3 N–H and O–H groups in total. The normalized spacial score (nSPS) is 25.4. The number of carbonyl (C=O) groups is 2. The maximum Gasteiger partial charge on any atom is 0.416 e. The Hall–Kier alpha value is -2.13. The van der Waals surface area contributed by atoms with Gasteiger partial charge in [-0.2, -0.15) is 13.2 Å². The van der Waals surface area contributed by atoms with Crippen LogP contribution in [0, 0.1) is 0 Å². The number of alkyl halides is 3. The van der Waals surface area contributed by atoms with E-state index >= 15 is 0 Å². The van der Waals surface area contributed by atoms with Gasteiger partial charge < -0.3 is 20.7 Å². The van der Waals surface area contributed by atoms with Crippen molar-refractivity contribution in [2.75, 3.05) is 26.2 Å². The minimum Gasteiger partial charge on any atom is -0.371 e.